The zero-order valence-electron chi connectivity index (χ0n) is 16.4. The zero-order valence-corrected chi connectivity index (χ0v) is 16.4. The molecule has 0 spiro atoms. The van der Waals surface area contributed by atoms with Crippen molar-refractivity contribution in [3.8, 4) is 5.75 Å². The second kappa shape index (κ2) is 10.8. The number of amides is 1. The lowest BCUT2D eigenvalue weighted by molar-refractivity contribution is -0.143. The van der Waals surface area contributed by atoms with E-state index in [0.29, 0.717) is 17.0 Å². The fourth-order valence-electron chi connectivity index (χ4n) is 2.44. The maximum absolute atomic E-state index is 12.0. The van der Waals surface area contributed by atoms with Crippen LogP contribution in [-0.4, -0.2) is 30.2 Å². The van der Waals surface area contributed by atoms with Crippen molar-refractivity contribution in [1.82, 2.24) is 0 Å². The van der Waals surface area contributed by atoms with Crippen LogP contribution in [0.15, 0.2) is 48.5 Å². The van der Waals surface area contributed by atoms with Gasteiger partial charge in [-0.15, -0.1) is 0 Å². The third-order valence-corrected chi connectivity index (χ3v) is 4.00. The summed E-state index contributed by atoms with van der Waals surface area (Å²) in [5.74, 6) is -1.47. The molecule has 0 aliphatic carbocycles. The predicted octanol–water partition coefficient (Wildman–Crippen LogP) is 3.32. The molecule has 0 bridgehead atoms. The number of hydrogen-bond donors (Lipinski definition) is 1. The van der Waals surface area contributed by atoms with Crippen LogP contribution in [0.2, 0.25) is 0 Å². The lowest BCUT2D eigenvalue weighted by atomic mass is 10.1. The first kappa shape index (κ1) is 21.8. The molecule has 0 aliphatic heterocycles. The topological polar surface area (TPSA) is 98.8 Å². The molecular weight excluding hydrogens is 374 g/mol. The van der Waals surface area contributed by atoms with Crippen molar-refractivity contribution in [2.24, 2.45) is 0 Å². The molecule has 2 aromatic carbocycles. The molecular formula is C22H23NO6. The first-order valence-corrected chi connectivity index (χ1v) is 9.23. The summed E-state index contributed by atoms with van der Waals surface area (Å²) < 4.78 is 9.81. The number of ketones is 1. The Hall–Kier alpha value is -3.48. The molecule has 0 aliphatic rings. The van der Waals surface area contributed by atoms with Crippen LogP contribution in [0, 0.1) is 0 Å². The van der Waals surface area contributed by atoms with Gasteiger partial charge in [-0.1, -0.05) is 19.1 Å². The minimum absolute atomic E-state index is 0.0420. The summed E-state index contributed by atoms with van der Waals surface area (Å²) in [5.41, 5.74) is 2.15. The first-order valence-electron chi connectivity index (χ1n) is 9.23. The lowest BCUT2D eigenvalue weighted by Crippen LogP contribution is -2.17. The highest BCUT2D eigenvalue weighted by molar-refractivity contribution is 5.98. The van der Waals surface area contributed by atoms with Gasteiger partial charge in [0.25, 0.3) is 0 Å². The van der Waals surface area contributed by atoms with E-state index < -0.39 is 24.3 Å². The molecule has 29 heavy (non-hydrogen) atoms. The third kappa shape index (κ3) is 7.57. The van der Waals surface area contributed by atoms with Gasteiger partial charge in [0.05, 0.1) is 6.42 Å². The van der Waals surface area contributed by atoms with Crippen LogP contribution in [0.3, 0.4) is 0 Å². The maximum atomic E-state index is 12.0. The Morgan fingerprint density at radius 3 is 2.14 bits per heavy atom. The molecule has 0 unspecified atom stereocenters. The molecule has 0 heterocycles. The van der Waals surface area contributed by atoms with Gasteiger partial charge in [-0.2, -0.15) is 0 Å². The van der Waals surface area contributed by atoms with E-state index in [-0.39, 0.29) is 18.7 Å². The fourth-order valence-corrected chi connectivity index (χ4v) is 2.44. The summed E-state index contributed by atoms with van der Waals surface area (Å²) in [6, 6.07) is 13.4. The molecule has 2 aromatic rings. The Balaban J connectivity index is 1.72. The van der Waals surface area contributed by atoms with Gasteiger partial charge in [0.1, 0.15) is 5.75 Å². The highest BCUT2D eigenvalue weighted by Gasteiger charge is 2.12. The van der Waals surface area contributed by atoms with Gasteiger partial charge >= 0.3 is 11.9 Å². The number of hydrogen-bond acceptors (Lipinski definition) is 6. The number of nitrogens with one attached hydrogen (secondary N) is 1. The standard InChI is InChI=1S/C22H23NO6/c1-3-16-4-8-18(9-5-16)23-21(26)12-13-22(27)28-14-20(25)17-6-10-19(11-7-17)29-15(2)24/h4-11H,3,12-14H2,1-2H3,(H,23,26). The maximum Gasteiger partial charge on any atom is 0.308 e. The quantitative estimate of drug-likeness (QED) is 0.396. The van der Waals surface area contributed by atoms with Crippen LogP contribution in [0.1, 0.15) is 42.6 Å². The molecule has 7 nitrogen and oxygen atoms in total. The second-order valence-corrected chi connectivity index (χ2v) is 6.30. The van der Waals surface area contributed by atoms with E-state index in [4.69, 9.17) is 9.47 Å². The molecule has 0 radical (unpaired) electrons. The fraction of sp³-hybridized carbons (Fsp3) is 0.273. The van der Waals surface area contributed by atoms with Crippen molar-refractivity contribution in [2.45, 2.75) is 33.1 Å². The molecule has 0 atom stereocenters. The van der Waals surface area contributed by atoms with E-state index in [0.717, 1.165) is 12.0 Å². The number of ether oxygens (including phenoxy) is 2. The van der Waals surface area contributed by atoms with Crippen LogP contribution >= 0.6 is 0 Å². The molecule has 152 valence electrons. The summed E-state index contributed by atoms with van der Waals surface area (Å²) in [4.78, 5) is 46.6. The SMILES string of the molecule is CCc1ccc(NC(=O)CCC(=O)OCC(=O)c2ccc(OC(C)=O)cc2)cc1. The average Bonchev–Trinajstić information content (AvgIpc) is 2.71. The highest BCUT2D eigenvalue weighted by Crippen LogP contribution is 2.13. The largest absolute Gasteiger partial charge is 0.457 e. The van der Waals surface area contributed by atoms with Crippen LogP contribution in [0.25, 0.3) is 0 Å². The molecule has 0 aromatic heterocycles. The van der Waals surface area contributed by atoms with Gasteiger partial charge in [-0.25, -0.2) is 0 Å². The number of Topliss-reactive ketones (excluding diaryl/α,β-unsaturated/α-hetero) is 1. The minimum Gasteiger partial charge on any atom is -0.457 e. The van der Waals surface area contributed by atoms with Crippen molar-refractivity contribution in [3.63, 3.8) is 0 Å². The Labute approximate surface area is 169 Å². The Morgan fingerprint density at radius 2 is 1.55 bits per heavy atom. The van der Waals surface area contributed by atoms with Crippen molar-refractivity contribution in [3.05, 3.63) is 59.7 Å². The highest BCUT2D eigenvalue weighted by atomic mass is 16.5. The molecule has 1 N–H and O–H groups in total. The van der Waals surface area contributed by atoms with Crippen LogP contribution < -0.4 is 10.1 Å². The number of aryl methyl sites for hydroxylation is 1. The van der Waals surface area contributed by atoms with Gasteiger partial charge in [0.2, 0.25) is 5.91 Å². The smallest absolute Gasteiger partial charge is 0.308 e. The third-order valence-electron chi connectivity index (χ3n) is 4.00. The summed E-state index contributed by atoms with van der Waals surface area (Å²) >= 11 is 0. The Bertz CT molecular complexity index is 871. The molecule has 0 saturated heterocycles. The summed E-state index contributed by atoms with van der Waals surface area (Å²) in [7, 11) is 0. The Kier molecular flexibility index (Phi) is 8.09. The summed E-state index contributed by atoms with van der Waals surface area (Å²) in [5, 5.41) is 2.71. The van der Waals surface area contributed by atoms with E-state index in [1.165, 1.54) is 31.2 Å². The number of anilines is 1. The van der Waals surface area contributed by atoms with Crippen molar-refractivity contribution in [1.29, 1.82) is 0 Å². The molecule has 7 heteroatoms. The Morgan fingerprint density at radius 1 is 0.897 bits per heavy atom. The lowest BCUT2D eigenvalue weighted by Gasteiger charge is -2.07. The van der Waals surface area contributed by atoms with E-state index in [2.05, 4.69) is 5.32 Å². The van der Waals surface area contributed by atoms with Crippen LogP contribution in [0.5, 0.6) is 5.75 Å². The van der Waals surface area contributed by atoms with E-state index in [9.17, 15) is 19.2 Å². The number of carbonyl (C=O) groups is 4. The van der Waals surface area contributed by atoms with E-state index >= 15 is 0 Å². The number of carbonyl (C=O) groups excluding carboxylic acids is 4. The monoisotopic (exact) mass is 397 g/mol. The molecule has 1 amide bonds. The molecule has 0 fully saturated rings. The van der Waals surface area contributed by atoms with Crippen molar-refractivity contribution in [2.75, 3.05) is 11.9 Å². The van der Waals surface area contributed by atoms with E-state index in [1.807, 2.05) is 19.1 Å². The number of benzene rings is 2. The molecule has 0 saturated carbocycles. The van der Waals surface area contributed by atoms with Crippen LogP contribution in [-0.2, 0) is 25.5 Å². The van der Waals surface area contributed by atoms with Gasteiger partial charge in [0, 0.05) is 24.6 Å². The van der Waals surface area contributed by atoms with Gasteiger partial charge in [-0.05, 0) is 48.4 Å². The van der Waals surface area contributed by atoms with Crippen LogP contribution in [0.4, 0.5) is 5.69 Å². The number of rotatable bonds is 9. The van der Waals surface area contributed by atoms with E-state index in [1.54, 1.807) is 12.1 Å². The zero-order chi connectivity index (χ0) is 21.2. The minimum atomic E-state index is -0.633. The average molecular weight is 397 g/mol. The predicted molar refractivity (Wildman–Crippen MR) is 107 cm³/mol. The summed E-state index contributed by atoms with van der Waals surface area (Å²) in [6.07, 6.45) is 0.742. The number of esters is 2. The molecule has 2 rings (SSSR count). The van der Waals surface area contributed by atoms with Crippen molar-refractivity contribution >= 4 is 29.3 Å². The normalized spacial score (nSPS) is 10.1. The first-order chi connectivity index (χ1) is 13.9. The van der Waals surface area contributed by atoms with Gasteiger partial charge in [0.15, 0.2) is 12.4 Å². The van der Waals surface area contributed by atoms with Gasteiger partial charge in [-0.3, -0.25) is 19.2 Å². The van der Waals surface area contributed by atoms with Crippen molar-refractivity contribution < 1.29 is 28.7 Å². The summed E-state index contributed by atoms with van der Waals surface area (Å²) in [6.45, 7) is 2.90. The van der Waals surface area contributed by atoms with Gasteiger partial charge < -0.3 is 14.8 Å². The second-order valence-electron chi connectivity index (χ2n) is 6.30.